The number of H-pyrrole nitrogens is 1. The lowest BCUT2D eigenvalue weighted by Gasteiger charge is -2.20. The molecule has 0 aliphatic heterocycles. The zero-order valence-electron chi connectivity index (χ0n) is 12.4. The van der Waals surface area contributed by atoms with Crippen LogP contribution in [0.15, 0.2) is 12.4 Å². The van der Waals surface area contributed by atoms with Crippen LogP contribution < -0.4 is 0 Å². The number of rotatable bonds is 6. The van der Waals surface area contributed by atoms with E-state index in [-0.39, 0.29) is 11.7 Å². The second kappa shape index (κ2) is 5.67. The van der Waals surface area contributed by atoms with Crippen LogP contribution in [0.4, 0.5) is 0 Å². The van der Waals surface area contributed by atoms with Gasteiger partial charge in [0.05, 0.1) is 6.54 Å². The first-order valence-electron chi connectivity index (χ1n) is 7.37. The van der Waals surface area contributed by atoms with Gasteiger partial charge in [-0.1, -0.05) is 6.92 Å². The van der Waals surface area contributed by atoms with Gasteiger partial charge in [0.2, 0.25) is 5.82 Å². The summed E-state index contributed by atoms with van der Waals surface area (Å²) in [5, 5.41) is 6.91. The Morgan fingerprint density at radius 3 is 2.95 bits per heavy atom. The Morgan fingerprint density at radius 1 is 1.52 bits per heavy atom. The third kappa shape index (κ3) is 2.96. The summed E-state index contributed by atoms with van der Waals surface area (Å²) in [4.78, 5) is 23.1. The lowest BCUT2D eigenvalue weighted by atomic mass is 10.3. The molecule has 0 unspecified atom stereocenters. The van der Waals surface area contributed by atoms with E-state index in [0.717, 1.165) is 37.3 Å². The van der Waals surface area contributed by atoms with Gasteiger partial charge in [0.25, 0.3) is 5.91 Å². The van der Waals surface area contributed by atoms with Crippen molar-refractivity contribution in [1.82, 2.24) is 29.6 Å². The minimum absolute atomic E-state index is 0.112. The first-order valence-corrected chi connectivity index (χ1v) is 7.37. The molecule has 7 heteroatoms. The van der Waals surface area contributed by atoms with Crippen LogP contribution in [0.2, 0.25) is 0 Å². The van der Waals surface area contributed by atoms with E-state index < -0.39 is 0 Å². The third-order valence-corrected chi connectivity index (χ3v) is 3.69. The maximum atomic E-state index is 12.6. The number of imidazole rings is 1. The molecule has 21 heavy (non-hydrogen) atoms. The molecule has 1 aliphatic rings. The van der Waals surface area contributed by atoms with Gasteiger partial charge in [0.1, 0.15) is 11.6 Å². The molecule has 0 aromatic carbocycles. The highest BCUT2D eigenvalue weighted by Gasteiger charge is 2.35. The third-order valence-electron chi connectivity index (χ3n) is 3.69. The Kier molecular flexibility index (Phi) is 3.72. The number of aromatic nitrogens is 5. The quantitative estimate of drug-likeness (QED) is 0.868. The number of aryl methyl sites for hydroxylation is 2. The van der Waals surface area contributed by atoms with Crippen LogP contribution >= 0.6 is 0 Å². The molecule has 1 amide bonds. The topological polar surface area (TPSA) is 79.7 Å². The molecule has 1 saturated carbocycles. The van der Waals surface area contributed by atoms with Crippen molar-refractivity contribution in [1.29, 1.82) is 0 Å². The van der Waals surface area contributed by atoms with Gasteiger partial charge in [-0.25, -0.2) is 9.97 Å². The monoisotopic (exact) mass is 288 g/mol. The van der Waals surface area contributed by atoms with E-state index in [1.807, 2.05) is 22.7 Å². The first-order chi connectivity index (χ1) is 10.2. The van der Waals surface area contributed by atoms with Crippen LogP contribution in [-0.4, -0.2) is 41.6 Å². The minimum atomic E-state index is -0.112. The molecule has 0 bridgehead atoms. The van der Waals surface area contributed by atoms with E-state index in [9.17, 15) is 4.79 Å². The van der Waals surface area contributed by atoms with Crippen LogP contribution in [0.5, 0.6) is 0 Å². The summed E-state index contributed by atoms with van der Waals surface area (Å²) < 4.78 is 1.93. The average molecular weight is 288 g/mol. The van der Waals surface area contributed by atoms with Gasteiger partial charge < -0.3 is 9.47 Å². The molecule has 1 aliphatic carbocycles. The summed E-state index contributed by atoms with van der Waals surface area (Å²) in [5.74, 6) is 1.80. The molecular weight excluding hydrogens is 268 g/mol. The molecule has 0 radical (unpaired) electrons. The second-order valence-electron chi connectivity index (χ2n) is 5.47. The van der Waals surface area contributed by atoms with Crippen LogP contribution in [0.1, 0.15) is 48.5 Å². The van der Waals surface area contributed by atoms with E-state index >= 15 is 0 Å². The van der Waals surface area contributed by atoms with E-state index in [1.165, 1.54) is 0 Å². The highest BCUT2D eigenvalue weighted by atomic mass is 16.2. The number of aromatic amines is 1. The SMILES string of the molecule is CCCc1nc(C(=O)N(Cc2nccn2C)C2CC2)n[nH]1. The largest absolute Gasteiger partial charge is 0.337 e. The fraction of sp³-hybridized carbons (Fsp3) is 0.571. The Balaban J connectivity index is 1.76. The molecule has 0 spiro atoms. The Labute approximate surface area is 123 Å². The molecule has 3 rings (SSSR count). The van der Waals surface area contributed by atoms with Crippen LogP contribution in [0.25, 0.3) is 0 Å². The van der Waals surface area contributed by atoms with Crippen molar-refractivity contribution in [2.45, 2.75) is 45.2 Å². The van der Waals surface area contributed by atoms with Gasteiger partial charge >= 0.3 is 0 Å². The molecule has 2 aromatic heterocycles. The smallest absolute Gasteiger partial charge is 0.294 e. The maximum Gasteiger partial charge on any atom is 0.294 e. The molecule has 2 aromatic rings. The number of hydrogen-bond acceptors (Lipinski definition) is 4. The van der Waals surface area contributed by atoms with Crippen LogP contribution in [0.3, 0.4) is 0 Å². The molecular formula is C14H20N6O. The molecule has 112 valence electrons. The van der Waals surface area contributed by atoms with Crippen molar-refractivity contribution in [3.63, 3.8) is 0 Å². The highest BCUT2D eigenvalue weighted by molar-refractivity contribution is 5.90. The maximum absolute atomic E-state index is 12.6. The zero-order chi connectivity index (χ0) is 14.8. The van der Waals surface area contributed by atoms with E-state index in [0.29, 0.717) is 12.6 Å². The van der Waals surface area contributed by atoms with Crippen molar-refractivity contribution in [3.05, 3.63) is 29.9 Å². The number of nitrogens with one attached hydrogen (secondary N) is 1. The van der Waals surface area contributed by atoms with E-state index in [1.54, 1.807) is 6.20 Å². The van der Waals surface area contributed by atoms with Gasteiger partial charge in [-0.2, -0.15) is 0 Å². The Bertz CT molecular complexity index is 627. The van der Waals surface area contributed by atoms with Gasteiger partial charge in [-0.15, -0.1) is 5.10 Å². The zero-order valence-corrected chi connectivity index (χ0v) is 12.4. The van der Waals surface area contributed by atoms with Gasteiger partial charge in [0.15, 0.2) is 0 Å². The summed E-state index contributed by atoms with van der Waals surface area (Å²) in [6.07, 6.45) is 7.50. The van der Waals surface area contributed by atoms with Crippen molar-refractivity contribution in [2.75, 3.05) is 0 Å². The van der Waals surface area contributed by atoms with E-state index in [2.05, 4.69) is 27.1 Å². The summed E-state index contributed by atoms with van der Waals surface area (Å²) >= 11 is 0. The summed E-state index contributed by atoms with van der Waals surface area (Å²) in [6, 6.07) is 0.294. The molecule has 0 atom stereocenters. The summed E-state index contributed by atoms with van der Waals surface area (Å²) in [6.45, 7) is 2.58. The minimum Gasteiger partial charge on any atom is -0.337 e. The predicted molar refractivity (Wildman–Crippen MR) is 76.5 cm³/mol. The first kappa shape index (κ1) is 13.8. The lowest BCUT2D eigenvalue weighted by Crippen LogP contribution is -2.34. The molecule has 0 saturated heterocycles. The second-order valence-corrected chi connectivity index (χ2v) is 5.47. The molecule has 2 heterocycles. The molecule has 1 N–H and O–H groups in total. The standard InChI is InChI=1S/C14H20N6O/c1-3-4-11-16-13(18-17-11)14(21)20(10-5-6-10)9-12-15-7-8-19(12)2/h7-8,10H,3-6,9H2,1-2H3,(H,16,17,18). The van der Waals surface area contributed by atoms with Crippen LogP contribution in [-0.2, 0) is 20.0 Å². The fourth-order valence-corrected chi connectivity index (χ4v) is 2.32. The van der Waals surface area contributed by atoms with Gasteiger partial charge in [-0.05, 0) is 19.3 Å². The number of carbonyl (C=O) groups excluding carboxylic acids is 1. The summed E-state index contributed by atoms with van der Waals surface area (Å²) in [5.41, 5.74) is 0. The number of nitrogens with zero attached hydrogens (tertiary/aromatic N) is 5. The van der Waals surface area contributed by atoms with Gasteiger partial charge in [0, 0.05) is 31.9 Å². The number of amides is 1. The lowest BCUT2D eigenvalue weighted by molar-refractivity contribution is 0.0712. The average Bonchev–Trinajstić information content (AvgIpc) is 3.07. The van der Waals surface area contributed by atoms with Gasteiger partial charge in [-0.3, -0.25) is 9.89 Å². The predicted octanol–water partition coefficient (Wildman–Crippen LogP) is 1.30. The van der Waals surface area contributed by atoms with Crippen LogP contribution in [0, 0.1) is 0 Å². The molecule has 1 fully saturated rings. The van der Waals surface area contributed by atoms with E-state index in [4.69, 9.17) is 0 Å². The number of carbonyl (C=O) groups is 1. The highest BCUT2D eigenvalue weighted by Crippen LogP contribution is 2.29. The van der Waals surface area contributed by atoms with Crippen molar-refractivity contribution >= 4 is 5.91 Å². The van der Waals surface area contributed by atoms with Crippen molar-refractivity contribution < 1.29 is 4.79 Å². The Hall–Kier alpha value is -2.18. The van der Waals surface area contributed by atoms with Crippen molar-refractivity contribution in [2.24, 2.45) is 7.05 Å². The summed E-state index contributed by atoms with van der Waals surface area (Å²) in [7, 11) is 1.93. The van der Waals surface area contributed by atoms with Crippen molar-refractivity contribution in [3.8, 4) is 0 Å². The fourth-order valence-electron chi connectivity index (χ4n) is 2.32. The molecule has 7 nitrogen and oxygen atoms in total. The normalized spacial score (nSPS) is 14.4. The number of hydrogen-bond donors (Lipinski definition) is 1. The Morgan fingerprint density at radius 2 is 2.33 bits per heavy atom.